The van der Waals surface area contributed by atoms with E-state index in [1.807, 2.05) is 73.6 Å². The third kappa shape index (κ3) is 5.18. The molecule has 1 aliphatic rings. The van der Waals surface area contributed by atoms with Crippen LogP contribution in [0.4, 0.5) is 17.1 Å². The van der Waals surface area contributed by atoms with Gasteiger partial charge < -0.3 is 10.2 Å². The van der Waals surface area contributed by atoms with Gasteiger partial charge in [-0.25, -0.2) is 8.42 Å². The van der Waals surface area contributed by atoms with Crippen LogP contribution < -0.4 is 9.62 Å². The van der Waals surface area contributed by atoms with E-state index in [0.717, 1.165) is 16.8 Å². The monoisotopic (exact) mass is 476 g/mol. The molecule has 4 rings (SSSR count). The minimum atomic E-state index is -3.43. The number of sulfonamides is 1. The largest absolute Gasteiger partial charge is 0.325 e. The third-order valence-corrected chi connectivity index (χ3v) is 6.87. The number of hydrogen-bond donors (Lipinski definition) is 1. The molecule has 0 saturated carbocycles. The Balaban J connectivity index is 1.73. The highest BCUT2D eigenvalue weighted by atomic mass is 32.2. The second-order valence-corrected chi connectivity index (χ2v) is 10.4. The van der Waals surface area contributed by atoms with Crippen molar-refractivity contribution < 1.29 is 13.2 Å². The van der Waals surface area contributed by atoms with Crippen LogP contribution in [0.2, 0.25) is 0 Å². The first-order chi connectivity index (χ1) is 16.2. The number of para-hydroxylation sites is 1. The van der Waals surface area contributed by atoms with Gasteiger partial charge in [0, 0.05) is 18.8 Å². The summed E-state index contributed by atoms with van der Waals surface area (Å²) in [6.45, 7) is 0.948. The van der Waals surface area contributed by atoms with Gasteiger partial charge in [-0.05, 0) is 55.6 Å². The summed E-state index contributed by atoms with van der Waals surface area (Å²) in [5, 5.41) is 2.95. The summed E-state index contributed by atoms with van der Waals surface area (Å²) in [7, 11) is 0.379. The fourth-order valence-corrected chi connectivity index (χ4v) is 4.91. The number of nitrogens with zero attached hydrogens (tertiary/aromatic N) is 3. The number of rotatable bonds is 8. The minimum absolute atomic E-state index is 0.118. The summed E-state index contributed by atoms with van der Waals surface area (Å²) in [6, 6.07) is 24.3. The van der Waals surface area contributed by atoms with E-state index in [4.69, 9.17) is 4.99 Å². The molecule has 0 aromatic heterocycles. The number of amides is 1. The SMILES string of the molecule is CN(C)CCN(c1ccc(N=C(c2ccccc2)C2C(=O)Nc3ccccc32)cc1)S(C)(=O)=O. The number of likely N-dealkylation sites (N-methyl/N-ethyl adjacent to an activating group) is 1. The van der Waals surface area contributed by atoms with E-state index < -0.39 is 15.9 Å². The molecule has 1 atom stereocenters. The fourth-order valence-electron chi connectivity index (χ4n) is 3.99. The first-order valence-electron chi connectivity index (χ1n) is 11.0. The molecule has 34 heavy (non-hydrogen) atoms. The van der Waals surface area contributed by atoms with Gasteiger partial charge >= 0.3 is 0 Å². The van der Waals surface area contributed by atoms with Crippen molar-refractivity contribution in [1.29, 1.82) is 0 Å². The van der Waals surface area contributed by atoms with Gasteiger partial charge in [0.25, 0.3) is 0 Å². The fraction of sp³-hybridized carbons (Fsp3) is 0.231. The molecule has 0 spiro atoms. The van der Waals surface area contributed by atoms with E-state index in [1.165, 1.54) is 10.6 Å². The number of nitrogens with one attached hydrogen (secondary N) is 1. The van der Waals surface area contributed by atoms with Crippen molar-refractivity contribution in [1.82, 2.24) is 4.90 Å². The minimum Gasteiger partial charge on any atom is -0.325 e. The second-order valence-electron chi connectivity index (χ2n) is 8.53. The molecule has 8 heteroatoms. The van der Waals surface area contributed by atoms with Gasteiger partial charge in [-0.3, -0.25) is 14.1 Å². The number of anilines is 2. The van der Waals surface area contributed by atoms with Crippen molar-refractivity contribution in [2.75, 3.05) is 43.1 Å². The number of carbonyl (C=O) groups is 1. The Morgan fingerprint density at radius 1 is 0.912 bits per heavy atom. The molecule has 7 nitrogen and oxygen atoms in total. The van der Waals surface area contributed by atoms with Gasteiger partial charge in [-0.1, -0.05) is 48.5 Å². The number of benzene rings is 3. The van der Waals surface area contributed by atoms with Crippen molar-refractivity contribution in [2.45, 2.75) is 5.92 Å². The molecule has 0 aliphatic carbocycles. The maximum atomic E-state index is 12.9. The summed E-state index contributed by atoms with van der Waals surface area (Å²) in [4.78, 5) is 19.8. The van der Waals surface area contributed by atoms with E-state index in [-0.39, 0.29) is 5.91 Å². The van der Waals surface area contributed by atoms with Gasteiger partial charge in [-0.2, -0.15) is 0 Å². The van der Waals surface area contributed by atoms with Crippen molar-refractivity contribution in [3.63, 3.8) is 0 Å². The summed E-state index contributed by atoms with van der Waals surface area (Å²) in [5.41, 5.74) is 4.39. The Bertz CT molecular complexity index is 1300. The lowest BCUT2D eigenvalue weighted by Gasteiger charge is -2.24. The first-order valence-corrected chi connectivity index (χ1v) is 12.8. The zero-order chi connectivity index (χ0) is 24.3. The molecule has 1 aliphatic heterocycles. The molecular formula is C26H28N4O3S. The maximum absolute atomic E-state index is 12.9. The smallest absolute Gasteiger partial charge is 0.238 e. The first kappa shape index (κ1) is 23.7. The van der Waals surface area contributed by atoms with Crippen molar-refractivity contribution in [2.24, 2.45) is 4.99 Å². The second kappa shape index (κ2) is 9.79. The van der Waals surface area contributed by atoms with Crippen LogP contribution in [0.3, 0.4) is 0 Å². The zero-order valence-electron chi connectivity index (χ0n) is 19.5. The van der Waals surface area contributed by atoms with Crippen molar-refractivity contribution in [3.8, 4) is 0 Å². The molecule has 0 saturated heterocycles. The average Bonchev–Trinajstić information content (AvgIpc) is 3.13. The van der Waals surface area contributed by atoms with Gasteiger partial charge in [-0.15, -0.1) is 0 Å². The molecule has 3 aromatic rings. The predicted molar refractivity (Wildman–Crippen MR) is 138 cm³/mol. The number of hydrogen-bond acceptors (Lipinski definition) is 5. The highest BCUT2D eigenvalue weighted by molar-refractivity contribution is 7.92. The highest BCUT2D eigenvalue weighted by Gasteiger charge is 2.35. The number of fused-ring (bicyclic) bond motifs is 1. The molecule has 0 radical (unpaired) electrons. The molecule has 1 heterocycles. The quantitative estimate of drug-likeness (QED) is 0.501. The molecule has 1 amide bonds. The van der Waals surface area contributed by atoms with Crippen LogP contribution in [-0.4, -0.2) is 58.4 Å². The molecule has 3 aromatic carbocycles. The lowest BCUT2D eigenvalue weighted by molar-refractivity contribution is -0.115. The molecule has 1 N–H and O–H groups in total. The third-order valence-electron chi connectivity index (χ3n) is 5.67. The topological polar surface area (TPSA) is 82.1 Å². The number of aliphatic imine (C=N–C) groups is 1. The summed E-state index contributed by atoms with van der Waals surface area (Å²) in [5.74, 6) is -0.654. The summed E-state index contributed by atoms with van der Waals surface area (Å²) < 4.78 is 26.1. The number of carbonyl (C=O) groups excluding carboxylic acids is 1. The Morgan fingerprint density at radius 3 is 2.21 bits per heavy atom. The molecule has 1 unspecified atom stereocenters. The highest BCUT2D eigenvalue weighted by Crippen LogP contribution is 2.36. The van der Waals surface area contributed by atoms with E-state index in [0.29, 0.717) is 30.2 Å². The standard InChI is InChI=1S/C26H28N4O3S/c1-29(2)17-18-30(34(3,32)33)21-15-13-20(14-16-21)27-25(19-9-5-4-6-10-19)24-22-11-7-8-12-23(22)28-26(24)31/h4-16,24H,17-18H2,1-3H3,(H,28,31). The Kier molecular flexibility index (Phi) is 6.81. The van der Waals surface area contributed by atoms with Crippen LogP contribution in [0.15, 0.2) is 83.9 Å². The van der Waals surface area contributed by atoms with Crippen LogP contribution in [0, 0.1) is 0 Å². The normalized spacial score (nSPS) is 15.8. The van der Waals surface area contributed by atoms with E-state index >= 15 is 0 Å². The van der Waals surface area contributed by atoms with Crippen molar-refractivity contribution >= 4 is 38.7 Å². The van der Waals surface area contributed by atoms with Crippen LogP contribution in [-0.2, 0) is 14.8 Å². The average molecular weight is 477 g/mol. The predicted octanol–water partition coefficient (Wildman–Crippen LogP) is 3.87. The van der Waals surface area contributed by atoms with Crippen LogP contribution in [0.1, 0.15) is 17.0 Å². The Labute approximate surface area is 200 Å². The van der Waals surface area contributed by atoms with Gasteiger partial charge in [0.05, 0.1) is 23.3 Å². The molecular weight excluding hydrogens is 448 g/mol. The zero-order valence-corrected chi connectivity index (χ0v) is 20.3. The Hall–Kier alpha value is -3.49. The maximum Gasteiger partial charge on any atom is 0.238 e. The van der Waals surface area contributed by atoms with Gasteiger partial charge in [0.15, 0.2) is 0 Å². The molecule has 0 fully saturated rings. The Morgan fingerprint density at radius 2 is 1.56 bits per heavy atom. The van der Waals surface area contributed by atoms with E-state index in [1.54, 1.807) is 24.3 Å². The molecule has 0 bridgehead atoms. The van der Waals surface area contributed by atoms with Crippen LogP contribution >= 0.6 is 0 Å². The van der Waals surface area contributed by atoms with E-state index in [9.17, 15) is 13.2 Å². The van der Waals surface area contributed by atoms with Crippen LogP contribution in [0.25, 0.3) is 0 Å². The summed E-state index contributed by atoms with van der Waals surface area (Å²) >= 11 is 0. The lowest BCUT2D eigenvalue weighted by Crippen LogP contribution is -2.35. The molecule has 176 valence electrons. The summed E-state index contributed by atoms with van der Waals surface area (Å²) in [6.07, 6.45) is 1.21. The van der Waals surface area contributed by atoms with Crippen LogP contribution in [0.5, 0.6) is 0 Å². The van der Waals surface area contributed by atoms with Gasteiger partial charge in [0.2, 0.25) is 15.9 Å². The van der Waals surface area contributed by atoms with Gasteiger partial charge in [0.1, 0.15) is 5.92 Å². The van der Waals surface area contributed by atoms with Crippen molar-refractivity contribution in [3.05, 3.63) is 90.0 Å². The lowest BCUT2D eigenvalue weighted by atomic mass is 9.90. The van der Waals surface area contributed by atoms with E-state index in [2.05, 4.69) is 5.32 Å².